The molecule has 1 heterocycles. The van der Waals surface area contributed by atoms with Gasteiger partial charge >= 0.3 is 0 Å². The summed E-state index contributed by atoms with van der Waals surface area (Å²) in [7, 11) is -0.220. The molecule has 1 aromatic heterocycles. The largest absolute Gasteiger partial charge is 0.507 e. The molecule has 0 fully saturated rings. The van der Waals surface area contributed by atoms with E-state index in [1.807, 2.05) is 34.7 Å². The first-order valence-corrected chi connectivity index (χ1v) is 18.9. The standard InChI is InChI=1S/C34H24I4O3S/c35-23-16-21(32(39)28(37)18-23)11-9-19-13-20(10-12-22-17-27(36)34(41)31(38)33(22)40)15-24(14-19)42-29-7-3-1-5-25(29)26-6-2-4-8-30(26)42/h1-8,13-18H,9-12H2,(H2-,39,40,41)/p+1. The van der Waals surface area contributed by atoms with Crippen LogP contribution in [-0.2, 0) is 25.7 Å². The summed E-state index contributed by atoms with van der Waals surface area (Å²) in [6.45, 7) is 0. The van der Waals surface area contributed by atoms with Gasteiger partial charge in [0.05, 0.1) is 10.7 Å². The lowest BCUT2D eigenvalue weighted by molar-refractivity contribution is 0.436. The van der Waals surface area contributed by atoms with Crippen molar-refractivity contribution >= 4 is 121 Å². The van der Waals surface area contributed by atoms with Crippen LogP contribution in [0.1, 0.15) is 22.3 Å². The molecule has 3 N–H and O–H groups in total. The van der Waals surface area contributed by atoms with E-state index in [4.69, 9.17) is 0 Å². The number of halogens is 4. The van der Waals surface area contributed by atoms with Crippen molar-refractivity contribution in [3.8, 4) is 22.1 Å². The van der Waals surface area contributed by atoms with Gasteiger partial charge in [0.25, 0.3) is 0 Å². The highest BCUT2D eigenvalue weighted by Gasteiger charge is 2.24. The fraction of sp³-hybridized carbons (Fsp3) is 0.118. The lowest BCUT2D eigenvalue weighted by Crippen LogP contribution is -1.99. The fourth-order valence-electron chi connectivity index (χ4n) is 5.45. The van der Waals surface area contributed by atoms with Crippen molar-refractivity contribution in [2.24, 2.45) is 0 Å². The van der Waals surface area contributed by atoms with Crippen LogP contribution in [0.4, 0.5) is 0 Å². The number of fused-ring (bicyclic) bond motifs is 3. The highest BCUT2D eigenvalue weighted by molar-refractivity contribution is 14.1. The van der Waals surface area contributed by atoms with Gasteiger partial charge in [-0.05, 0) is 181 Å². The average Bonchev–Trinajstić information content (AvgIpc) is 3.32. The second-order valence-corrected chi connectivity index (χ2v) is 16.8. The van der Waals surface area contributed by atoms with Crippen molar-refractivity contribution in [2.45, 2.75) is 25.7 Å². The Morgan fingerprint density at radius 2 is 1.05 bits per heavy atom. The maximum atomic E-state index is 10.8. The molecule has 42 heavy (non-hydrogen) atoms. The Labute approximate surface area is 301 Å². The summed E-state index contributed by atoms with van der Waals surface area (Å²) in [6.07, 6.45) is 2.99. The third-order valence-corrected chi connectivity index (χ3v) is 13.1. The van der Waals surface area contributed by atoms with E-state index in [2.05, 4.69) is 141 Å². The Hall–Kier alpha value is -1.36. The second kappa shape index (κ2) is 12.9. The number of phenols is 3. The first kappa shape index (κ1) is 30.7. The Kier molecular flexibility index (Phi) is 9.44. The molecule has 0 saturated heterocycles. The van der Waals surface area contributed by atoms with Gasteiger partial charge in [-0.3, -0.25) is 0 Å². The Morgan fingerprint density at radius 1 is 0.524 bits per heavy atom. The molecule has 0 radical (unpaired) electrons. The van der Waals surface area contributed by atoms with E-state index in [0.29, 0.717) is 15.7 Å². The molecule has 3 nitrogen and oxygen atoms in total. The summed E-state index contributed by atoms with van der Waals surface area (Å²) in [4.78, 5) is 1.29. The monoisotopic (exact) mass is 1020 g/mol. The summed E-state index contributed by atoms with van der Waals surface area (Å²) < 4.78 is 5.95. The molecule has 5 aromatic carbocycles. The van der Waals surface area contributed by atoms with Crippen LogP contribution in [0.15, 0.2) is 84.9 Å². The Morgan fingerprint density at radius 3 is 1.64 bits per heavy atom. The molecule has 0 unspecified atom stereocenters. The van der Waals surface area contributed by atoms with E-state index in [1.54, 1.807) is 0 Å². The zero-order valence-corrected chi connectivity index (χ0v) is 31.6. The molecule has 0 atom stereocenters. The van der Waals surface area contributed by atoms with E-state index in [9.17, 15) is 15.3 Å². The minimum absolute atomic E-state index is 0.134. The molecule has 0 saturated carbocycles. The first-order chi connectivity index (χ1) is 20.2. The first-order valence-electron chi connectivity index (χ1n) is 13.3. The summed E-state index contributed by atoms with van der Waals surface area (Å²) in [5, 5.41) is 34.4. The molecule has 0 bridgehead atoms. The number of phenolic OH excluding ortho intramolecular Hbond substituents is 3. The quantitative estimate of drug-likeness (QED) is 0.110. The van der Waals surface area contributed by atoms with E-state index < -0.39 is 0 Å². The predicted octanol–water partition coefficient (Wildman–Crippen LogP) is 10.8. The summed E-state index contributed by atoms with van der Waals surface area (Å²) in [5.41, 5.74) is 4.27. The van der Waals surface area contributed by atoms with Crippen molar-refractivity contribution in [1.29, 1.82) is 0 Å². The zero-order valence-electron chi connectivity index (χ0n) is 22.2. The van der Waals surface area contributed by atoms with Crippen LogP contribution in [0.2, 0.25) is 0 Å². The van der Waals surface area contributed by atoms with E-state index in [-0.39, 0.29) is 22.0 Å². The molecule has 212 valence electrons. The van der Waals surface area contributed by atoms with Gasteiger partial charge < -0.3 is 15.3 Å². The number of hydrogen-bond acceptors (Lipinski definition) is 3. The van der Waals surface area contributed by atoms with Crippen LogP contribution >= 0.6 is 101 Å². The van der Waals surface area contributed by atoms with Crippen LogP contribution in [0.3, 0.4) is 0 Å². The number of hydrogen-bond donors (Lipinski definition) is 3. The Balaban J connectivity index is 1.44. The Bertz CT molecular complexity index is 1930. The summed E-state index contributed by atoms with van der Waals surface area (Å²) in [6, 6.07) is 30.4. The van der Waals surface area contributed by atoms with Gasteiger partial charge in [-0.15, -0.1) is 0 Å². The summed E-state index contributed by atoms with van der Waals surface area (Å²) in [5.74, 6) is 0.670. The SMILES string of the molecule is Oc1c(I)cc(I)cc1CCc1cc(CCc2cc(I)c(O)c(I)c2O)cc(-[s+]2c3ccccc3c3ccccc32)c1. The van der Waals surface area contributed by atoms with E-state index in [1.165, 1.54) is 36.2 Å². The highest BCUT2D eigenvalue weighted by atomic mass is 127. The maximum Gasteiger partial charge on any atom is 0.187 e. The predicted molar refractivity (Wildman–Crippen MR) is 209 cm³/mol. The van der Waals surface area contributed by atoms with Gasteiger partial charge in [-0.2, -0.15) is 0 Å². The van der Waals surface area contributed by atoms with Crippen LogP contribution in [0.5, 0.6) is 17.2 Å². The van der Waals surface area contributed by atoms with E-state index in [0.717, 1.165) is 41.1 Å². The molecule has 6 rings (SSSR count). The lowest BCUT2D eigenvalue weighted by Gasteiger charge is -2.12. The normalized spacial score (nSPS) is 11.5. The minimum atomic E-state index is -0.220. The highest BCUT2D eigenvalue weighted by Crippen LogP contribution is 2.49. The van der Waals surface area contributed by atoms with Gasteiger partial charge in [0.2, 0.25) is 0 Å². The van der Waals surface area contributed by atoms with Crippen LogP contribution < -0.4 is 0 Å². The number of benzene rings is 5. The number of thiophene rings is 1. The van der Waals surface area contributed by atoms with Crippen molar-refractivity contribution < 1.29 is 15.3 Å². The van der Waals surface area contributed by atoms with Gasteiger partial charge in [-0.25, -0.2) is 0 Å². The molecule has 6 aromatic rings. The fourth-order valence-corrected chi connectivity index (χ4v) is 11.7. The molecule has 0 amide bonds. The molecule has 8 heteroatoms. The third kappa shape index (κ3) is 6.11. The minimum Gasteiger partial charge on any atom is -0.507 e. The lowest BCUT2D eigenvalue weighted by atomic mass is 9.98. The van der Waals surface area contributed by atoms with Crippen LogP contribution in [0, 0.1) is 14.3 Å². The molecule has 0 aliphatic rings. The topological polar surface area (TPSA) is 60.7 Å². The van der Waals surface area contributed by atoms with Crippen LogP contribution in [-0.4, -0.2) is 15.3 Å². The summed E-state index contributed by atoms with van der Waals surface area (Å²) >= 11 is 8.64. The van der Waals surface area contributed by atoms with E-state index >= 15 is 0 Å². The number of rotatable bonds is 7. The molecular weight excluding hydrogens is 996 g/mol. The number of aromatic hydroxyl groups is 3. The maximum absolute atomic E-state index is 10.8. The van der Waals surface area contributed by atoms with Gasteiger partial charge in [0.1, 0.15) is 17.2 Å². The van der Waals surface area contributed by atoms with Crippen molar-refractivity contribution in [1.82, 2.24) is 0 Å². The molecule has 0 aliphatic carbocycles. The van der Waals surface area contributed by atoms with Crippen molar-refractivity contribution in [3.63, 3.8) is 0 Å². The third-order valence-electron chi connectivity index (χ3n) is 7.49. The molecule has 0 spiro atoms. The smallest absolute Gasteiger partial charge is 0.187 e. The number of aryl methyl sites for hydroxylation is 4. The van der Waals surface area contributed by atoms with Gasteiger partial charge in [0.15, 0.2) is 14.3 Å². The molecular formula is C34H25I4O3S+. The average molecular weight is 1020 g/mol. The van der Waals surface area contributed by atoms with Crippen molar-refractivity contribution in [2.75, 3.05) is 0 Å². The molecule has 0 aliphatic heterocycles. The van der Waals surface area contributed by atoms with Gasteiger partial charge in [-0.1, -0.05) is 30.3 Å². The zero-order chi connectivity index (χ0) is 29.5. The second-order valence-electron chi connectivity index (χ2n) is 10.2. The van der Waals surface area contributed by atoms with Crippen molar-refractivity contribution in [3.05, 3.63) is 121 Å². The van der Waals surface area contributed by atoms with Gasteiger partial charge in [0, 0.05) is 36.9 Å². The van der Waals surface area contributed by atoms with Crippen LogP contribution in [0.25, 0.3) is 25.1 Å².